The molecule has 60 valence electrons. The van der Waals surface area contributed by atoms with Crippen LogP contribution in [0, 0.1) is 0 Å². The van der Waals surface area contributed by atoms with Crippen molar-refractivity contribution >= 4 is 6.21 Å². The Morgan fingerprint density at radius 1 is 1.64 bits per heavy atom. The Morgan fingerprint density at radius 2 is 2.45 bits per heavy atom. The van der Waals surface area contributed by atoms with Gasteiger partial charge in [-0.15, -0.1) is 0 Å². The van der Waals surface area contributed by atoms with E-state index in [4.69, 9.17) is 0 Å². The lowest BCUT2D eigenvalue weighted by Crippen LogP contribution is -2.20. The molecule has 2 nitrogen and oxygen atoms in total. The first-order valence-electron chi connectivity index (χ1n) is 3.94. The fourth-order valence-corrected chi connectivity index (χ4v) is 1.09. The Bertz CT molecular complexity index is 202. The Hall–Kier alpha value is -1.05. The third-order valence-corrected chi connectivity index (χ3v) is 1.73. The van der Waals surface area contributed by atoms with E-state index in [-0.39, 0.29) is 0 Å². The molecule has 1 N–H and O–H groups in total. The minimum absolute atomic E-state index is 1.03. The van der Waals surface area contributed by atoms with E-state index in [0.717, 1.165) is 18.7 Å². The average molecular weight is 150 g/mol. The summed E-state index contributed by atoms with van der Waals surface area (Å²) in [7, 11) is 0. The molecule has 0 amide bonds. The van der Waals surface area contributed by atoms with E-state index in [2.05, 4.69) is 16.9 Å². The van der Waals surface area contributed by atoms with Gasteiger partial charge in [-0.05, 0) is 25.3 Å². The molecule has 0 unspecified atom stereocenters. The largest absolute Gasteiger partial charge is 0.385 e. The van der Waals surface area contributed by atoms with Crippen molar-refractivity contribution in [2.75, 3.05) is 6.54 Å². The summed E-state index contributed by atoms with van der Waals surface area (Å²) in [5.41, 5.74) is 2.26. The quantitative estimate of drug-likeness (QED) is 0.567. The molecule has 0 aliphatic carbocycles. The van der Waals surface area contributed by atoms with E-state index in [9.17, 15) is 0 Å². The molecule has 0 aromatic heterocycles. The molecule has 0 saturated carbocycles. The van der Waals surface area contributed by atoms with Gasteiger partial charge >= 0.3 is 0 Å². The average Bonchev–Trinajstić information content (AvgIpc) is 2.03. The molecular weight excluding hydrogens is 136 g/mol. The van der Waals surface area contributed by atoms with Crippen LogP contribution in [0.4, 0.5) is 0 Å². The van der Waals surface area contributed by atoms with Gasteiger partial charge in [0, 0.05) is 24.7 Å². The zero-order chi connectivity index (χ0) is 8.10. The summed E-state index contributed by atoms with van der Waals surface area (Å²) in [5, 5.41) is 3.20. The van der Waals surface area contributed by atoms with Crippen molar-refractivity contribution in [2.45, 2.75) is 19.8 Å². The van der Waals surface area contributed by atoms with Crippen LogP contribution >= 0.6 is 0 Å². The predicted molar refractivity (Wildman–Crippen MR) is 48.6 cm³/mol. The van der Waals surface area contributed by atoms with Crippen molar-refractivity contribution in [2.24, 2.45) is 4.99 Å². The molecule has 1 fully saturated rings. The highest BCUT2D eigenvalue weighted by molar-refractivity contribution is 5.54. The van der Waals surface area contributed by atoms with Crippen LogP contribution in [0.15, 0.2) is 29.0 Å². The van der Waals surface area contributed by atoms with Gasteiger partial charge in [0.2, 0.25) is 0 Å². The maximum atomic E-state index is 4.06. The summed E-state index contributed by atoms with van der Waals surface area (Å²) in [5.74, 6) is 0. The van der Waals surface area contributed by atoms with Crippen molar-refractivity contribution in [3.8, 4) is 0 Å². The summed E-state index contributed by atoms with van der Waals surface area (Å²) in [6.07, 6.45) is 5.96. The van der Waals surface area contributed by atoms with E-state index in [1.54, 1.807) is 6.21 Å². The first-order chi connectivity index (χ1) is 5.34. The zero-order valence-corrected chi connectivity index (χ0v) is 6.93. The second-order valence-electron chi connectivity index (χ2n) is 2.57. The molecule has 1 aliphatic heterocycles. The smallest absolute Gasteiger partial charge is 0.0316 e. The molecule has 0 atom stereocenters. The highest BCUT2D eigenvalue weighted by Crippen LogP contribution is 2.16. The lowest BCUT2D eigenvalue weighted by Gasteiger charge is -2.17. The summed E-state index contributed by atoms with van der Waals surface area (Å²) in [6.45, 7) is 6.86. The lowest BCUT2D eigenvalue weighted by atomic mass is 10.1. The molecule has 1 saturated heterocycles. The van der Waals surface area contributed by atoms with Gasteiger partial charge in [0.05, 0.1) is 0 Å². The number of allylic oxidation sites excluding steroid dienone is 1. The summed E-state index contributed by atoms with van der Waals surface area (Å²) < 4.78 is 0. The first kappa shape index (κ1) is 8.05. The van der Waals surface area contributed by atoms with Crippen molar-refractivity contribution in [1.29, 1.82) is 0 Å². The Balaban J connectivity index is 2.61. The maximum absolute atomic E-state index is 4.06. The second kappa shape index (κ2) is 3.96. The van der Waals surface area contributed by atoms with Gasteiger partial charge in [-0.25, -0.2) is 0 Å². The topological polar surface area (TPSA) is 24.4 Å². The van der Waals surface area contributed by atoms with Crippen LogP contribution in [0.25, 0.3) is 0 Å². The molecule has 1 rings (SSSR count). The number of nitrogens with zero attached hydrogens (tertiary/aromatic N) is 1. The molecule has 11 heavy (non-hydrogen) atoms. The van der Waals surface area contributed by atoms with Crippen LogP contribution in [-0.2, 0) is 0 Å². The number of piperidine rings is 1. The lowest BCUT2D eigenvalue weighted by molar-refractivity contribution is 0.670. The fourth-order valence-electron chi connectivity index (χ4n) is 1.09. The highest BCUT2D eigenvalue weighted by atomic mass is 14.9. The van der Waals surface area contributed by atoms with Crippen molar-refractivity contribution < 1.29 is 0 Å². The molecule has 2 heteroatoms. The van der Waals surface area contributed by atoms with Gasteiger partial charge in [0.15, 0.2) is 0 Å². The minimum atomic E-state index is 1.03. The van der Waals surface area contributed by atoms with Crippen LogP contribution in [0.3, 0.4) is 0 Å². The molecule has 1 aliphatic rings. The van der Waals surface area contributed by atoms with Crippen molar-refractivity contribution in [3.05, 3.63) is 24.0 Å². The van der Waals surface area contributed by atoms with Crippen molar-refractivity contribution in [3.63, 3.8) is 0 Å². The number of hydrogen-bond acceptors (Lipinski definition) is 2. The van der Waals surface area contributed by atoms with Crippen LogP contribution in [0.1, 0.15) is 19.8 Å². The van der Waals surface area contributed by atoms with Crippen LogP contribution in [0.5, 0.6) is 0 Å². The minimum Gasteiger partial charge on any atom is -0.385 e. The van der Waals surface area contributed by atoms with Crippen LogP contribution in [0.2, 0.25) is 0 Å². The summed E-state index contributed by atoms with van der Waals surface area (Å²) >= 11 is 0. The predicted octanol–water partition coefficient (Wildman–Crippen LogP) is 1.86. The molecule has 1 heterocycles. The number of rotatable bonds is 1. The number of hydrogen-bond donors (Lipinski definition) is 1. The number of nitrogens with one attached hydrogen (secondary N) is 1. The normalized spacial score (nSPS) is 22.6. The van der Waals surface area contributed by atoms with E-state index >= 15 is 0 Å². The molecule has 0 aromatic carbocycles. The van der Waals surface area contributed by atoms with E-state index in [1.807, 2.05) is 13.1 Å². The van der Waals surface area contributed by atoms with Gasteiger partial charge in [-0.1, -0.05) is 6.58 Å². The van der Waals surface area contributed by atoms with Gasteiger partial charge in [0.1, 0.15) is 0 Å². The molecule has 0 aromatic rings. The molecular formula is C9H14N2. The molecule has 0 bridgehead atoms. The molecule has 0 spiro atoms. The first-order valence-corrected chi connectivity index (χ1v) is 3.94. The maximum Gasteiger partial charge on any atom is 0.0316 e. The van der Waals surface area contributed by atoms with Gasteiger partial charge in [-0.2, -0.15) is 0 Å². The van der Waals surface area contributed by atoms with Gasteiger partial charge in [-0.3, -0.25) is 4.99 Å². The third kappa shape index (κ3) is 2.22. The fraction of sp³-hybridized carbons (Fsp3) is 0.444. The highest BCUT2D eigenvalue weighted by Gasteiger charge is 2.06. The van der Waals surface area contributed by atoms with Crippen molar-refractivity contribution in [1.82, 2.24) is 5.32 Å². The standard InChI is InChI=1S/C9H14N2/c1-3-10-7-9-5-4-6-11-8(9)2/h3,7,11H,2,4-6H2,1H3/b9-7-,10-3?. The Morgan fingerprint density at radius 3 is 3.09 bits per heavy atom. The van der Waals surface area contributed by atoms with Crippen LogP contribution in [-0.4, -0.2) is 12.8 Å². The molecule has 0 radical (unpaired) electrons. The summed E-state index contributed by atoms with van der Waals surface area (Å²) in [4.78, 5) is 4.06. The summed E-state index contributed by atoms with van der Waals surface area (Å²) in [6, 6.07) is 0. The van der Waals surface area contributed by atoms with Crippen LogP contribution < -0.4 is 5.32 Å². The zero-order valence-electron chi connectivity index (χ0n) is 6.93. The van der Waals surface area contributed by atoms with E-state index < -0.39 is 0 Å². The van der Waals surface area contributed by atoms with Gasteiger partial charge in [0.25, 0.3) is 0 Å². The van der Waals surface area contributed by atoms with Gasteiger partial charge < -0.3 is 5.32 Å². The Labute approximate surface area is 67.7 Å². The monoisotopic (exact) mass is 150 g/mol. The van der Waals surface area contributed by atoms with E-state index in [1.165, 1.54) is 12.0 Å². The second-order valence-corrected chi connectivity index (χ2v) is 2.57. The SMILES string of the molecule is C=C1NCCC/C1=C/N=CC. The third-order valence-electron chi connectivity index (χ3n) is 1.73. The van der Waals surface area contributed by atoms with E-state index in [0.29, 0.717) is 0 Å². The number of aliphatic imine (C=N–C) groups is 1. The Kier molecular flexibility index (Phi) is 2.90.